The first-order valence-electron chi connectivity index (χ1n) is 9.51. The number of nitrogens with zero attached hydrogens (tertiary/aromatic N) is 3. The molecule has 0 saturated carbocycles. The van der Waals surface area contributed by atoms with Crippen molar-refractivity contribution in [2.45, 2.75) is 25.2 Å². The number of piperazine rings is 1. The third-order valence-electron chi connectivity index (χ3n) is 5.35. The highest BCUT2D eigenvalue weighted by atomic mass is 35.5. The number of carbonyl (C=O) groups excluding carboxylic acids is 1. The molecule has 8 heteroatoms. The molecule has 2 fully saturated rings. The number of amides is 1. The van der Waals surface area contributed by atoms with Gasteiger partial charge in [0.1, 0.15) is 0 Å². The number of rotatable bonds is 4. The van der Waals surface area contributed by atoms with Crippen LogP contribution in [0.3, 0.4) is 0 Å². The maximum Gasteiger partial charge on any atom is 0.243 e. The average Bonchev–Trinajstić information content (AvgIpc) is 2.61. The zero-order chi connectivity index (χ0) is 19.6. The van der Waals surface area contributed by atoms with Gasteiger partial charge in [-0.2, -0.15) is 4.31 Å². The van der Waals surface area contributed by atoms with E-state index < -0.39 is 10.0 Å². The molecule has 1 aromatic carbocycles. The lowest BCUT2D eigenvalue weighted by atomic mass is 9.92. The normalized spacial score (nSPS) is 25.5. The lowest BCUT2D eigenvalue weighted by molar-refractivity contribution is -0.134. The zero-order valence-electron chi connectivity index (χ0n) is 16.0. The highest BCUT2D eigenvalue weighted by Crippen LogP contribution is 2.22. The number of sulfonamides is 1. The summed E-state index contributed by atoms with van der Waals surface area (Å²) in [5.41, 5.74) is 0. The van der Waals surface area contributed by atoms with Crippen LogP contribution in [0.2, 0.25) is 5.02 Å². The van der Waals surface area contributed by atoms with E-state index in [2.05, 4.69) is 18.7 Å². The van der Waals surface area contributed by atoms with Gasteiger partial charge in [-0.25, -0.2) is 8.42 Å². The molecule has 0 aromatic heterocycles. The Morgan fingerprint density at radius 3 is 2.15 bits per heavy atom. The summed E-state index contributed by atoms with van der Waals surface area (Å²) >= 11 is 5.84. The van der Waals surface area contributed by atoms with Gasteiger partial charge >= 0.3 is 0 Å². The Morgan fingerprint density at radius 1 is 1.04 bits per heavy atom. The highest BCUT2D eigenvalue weighted by molar-refractivity contribution is 7.89. The number of hydrogen-bond acceptors (Lipinski definition) is 4. The quantitative estimate of drug-likeness (QED) is 0.758. The highest BCUT2D eigenvalue weighted by Gasteiger charge is 2.31. The van der Waals surface area contributed by atoms with Gasteiger partial charge in [0.15, 0.2) is 0 Å². The Kier molecular flexibility index (Phi) is 6.46. The van der Waals surface area contributed by atoms with Gasteiger partial charge in [-0.1, -0.05) is 25.4 Å². The van der Waals surface area contributed by atoms with Gasteiger partial charge in [-0.05, 0) is 42.5 Å². The summed E-state index contributed by atoms with van der Waals surface area (Å²) in [6.45, 7) is 8.32. The summed E-state index contributed by atoms with van der Waals surface area (Å²) in [6, 6.07) is 6.20. The van der Waals surface area contributed by atoms with E-state index in [1.807, 2.05) is 0 Å². The molecule has 2 aliphatic rings. The molecular formula is C19H28ClN3O3S. The fourth-order valence-electron chi connectivity index (χ4n) is 4.15. The third-order valence-corrected chi connectivity index (χ3v) is 7.51. The summed E-state index contributed by atoms with van der Waals surface area (Å²) in [7, 11) is -3.54. The third kappa shape index (κ3) is 5.02. The first-order chi connectivity index (χ1) is 12.8. The molecule has 0 unspecified atom stereocenters. The lowest BCUT2D eigenvalue weighted by Crippen LogP contribution is -2.53. The molecular weight excluding hydrogens is 386 g/mol. The van der Waals surface area contributed by atoms with E-state index in [0.717, 1.165) is 13.1 Å². The van der Waals surface area contributed by atoms with Crippen molar-refractivity contribution >= 4 is 27.5 Å². The standard InChI is InChI=1S/C19H28ClN3O3S/c1-15-11-16(2)13-21(12-15)14-19(24)22-7-9-23(10-8-22)27(25,26)18-5-3-17(20)4-6-18/h3-6,15-16H,7-14H2,1-2H3/t15-,16+. The fraction of sp³-hybridized carbons (Fsp3) is 0.632. The molecule has 3 rings (SSSR count). The SMILES string of the molecule is C[C@@H]1C[C@H](C)CN(CC(=O)N2CCN(S(=O)(=O)c3ccc(Cl)cc3)CC2)C1. The number of carbonyl (C=O) groups is 1. The van der Waals surface area contributed by atoms with Crippen LogP contribution in [0.15, 0.2) is 29.2 Å². The summed E-state index contributed by atoms with van der Waals surface area (Å²) in [4.78, 5) is 16.9. The van der Waals surface area contributed by atoms with Crippen molar-refractivity contribution in [2.24, 2.45) is 11.8 Å². The molecule has 0 spiro atoms. The largest absolute Gasteiger partial charge is 0.339 e. The van der Waals surface area contributed by atoms with E-state index >= 15 is 0 Å². The molecule has 0 bridgehead atoms. The van der Waals surface area contributed by atoms with Crippen molar-refractivity contribution in [3.05, 3.63) is 29.3 Å². The Labute approximate surface area is 167 Å². The molecule has 2 aliphatic heterocycles. The Balaban J connectivity index is 1.55. The molecule has 27 heavy (non-hydrogen) atoms. The number of benzene rings is 1. The molecule has 6 nitrogen and oxygen atoms in total. The van der Waals surface area contributed by atoms with Gasteiger partial charge in [-0.3, -0.25) is 9.69 Å². The second-order valence-corrected chi connectivity index (χ2v) is 10.3. The van der Waals surface area contributed by atoms with E-state index in [9.17, 15) is 13.2 Å². The second kappa shape index (κ2) is 8.47. The molecule has 0 aliphatic carbocycles. The molecule has 2 heterocycles. The first kappa shape index (κ1) is 20.6. The van der Waals surface area contributed by atoms with Gasteiger partial charge < -0.3 is 4.90 Å². The van der Waals surface area contributed by atoms with Crippen LogP contribution < -0.4 is 0 Å². The monoisotopic (exact) mass is 413 g/mol. The molecule has 0 N–H and O–H groups in total. The molecule has 150 valence electrons. The minimum Gasteiger partial charge on any atom is -0.339 e. The van der Waals surface area contributed by atoms with E-state index in [-0.39, 0.29) is 10.8 Å². The van der Waals surface area contributed by atoms with Crippen LogP contribution in [-0.2, 0) is 14.8 Å². The van der Waals surface area contributed by atoms with Crippen molar-refractivity contribution in [3.63, 3.8) is 0 Å². The van der Waals surface area contributed by atoms with Gasteiger partial charge in [0, 0.05) is 44.3 Å². The number of piperidine rings is 1. The van der Waals surface area contributed by atoms with Crippen molar-refractivity contribution in [2.75, 3.05) is 45.8 Å². The average molecular weight is 414 g/mol. The minimum absolute atomic E-state index is 0.0971. The van der Waals surface area contributed by atoms with Crippen molar-refractivity contribution < 1.29 is 13.2 Å². The zero-order valence-corrected chi connectivity index (χ0v) is 17.5. The van der Waals surface area contributed by atoms with E-state index in [1.165, 1.54) is 22.9 Å². The fourth-order valence-corrected chi connectivity index (χ4v) is 5.69. The van der Waals surface area contributed by atoms with Gasteiger partial charge in [0.05, 0.1) is 11.4 Å². The van der Waals surface area contributed by atoms with Crippen molar-refractivity contribution in [1.29, 1.82) is 0 Å². The van der Waals surface area contributed by atoms with Gasteiger partial charge in [-0.15, -0.1) is 0 Å². The summed E-state index contributed by atoms with van der Waals surface area (Å²) in [6.07, 6.45) is 1.21. The Morgan fingerprint density at radius 2 is 1.59 bits per heavy atom. The van der Waals surface area contributed by atoms with Crippen molar-refractivity contribution in [3.8, 4) is 0 Å². The Bertz CT molecular complexity index is 751. The van der Waals surface area contributed by atoms with E-state index in [4.69, 9.17) is 11.6 Å². The number of hydrogen-bond donors (Lipinski definition) is 0. The van der Waals surface area contributed by atoms with Crippen LogP contribution >= 0.6 is 11.6 Å². The molecule has 1 aromatic rings. The van der Waals surface area contributed by atoms with Crippen molar-refractivity contribution in [1.82, 2.24) is 14.1 Å². The van der Waals surface area contributed by atoms with E-state index in [1.54, 1.807) is 17.0 Å². The molecule has 2 saturated heterocycles. The molecule has 2 atom stereocenters. The van der Waals surface area contributed by atoms with Crippen LogP contribution in [-0.4, -0.2) is 74.2 Å². The Hall–Kier alpha value is -1.15. The minimum atomic E-state index is -3.54. The number of likely N-dealkylation sites (tertiary alicyclic amines) is 1. The van der Waals surface area contributed by atoms with Crippen LogP contribution in [0.25, 0.3) is 0 Å². The summed E-state index contributed by atoms with van der Waals surface area (Å²) < 4.78 is 26.9. The van der Waals surface area contributed by atoms with Crippen LogP contribution in [0.4, 0.5) is 0 Å². The maximum atomic E-state index is 12.7. The second-order valence-electron chi connectivity index (χ2n) is 7.88. The first-order valence-corrected chi connectivity index (χ1v) is 11.3. The molecule has 0 radical (unpaired) electrons. The maximum absolute atomic E-state index is 12.7. The predicted molar refractivity (Wildman–Crippen MR) is 106 cm³/mol. The van der Waals surface area contributed by atoms with Gasteiger partial charge in [0.2, 0.25) is 15.9 Å². The van der Waals surface area contributed by atoms with Gasteiger partial charge in [0.25, 0.3) is 0 Å². The topological polar surface area (TPSA) is 60.9 Å². The predicted octanol–water partition coefficient (Wildman–Crippen LogP) is 2.15. The summed E-state index contributed by atoms with van der Waals surface area (Å²) in [5, 5.41) is 0.505. The summed E-state index contributed by atoms with van der Waals surface area (Å²) in [5.74, 6) is 1.32. The van der Waals surface area contributed by atoms with Crippen LogP contribution in [0, 0.1) is 11.8 Å². The molecule has 1 amide bonds. The van der Waals surface area contributed by atoms with Crippen LogP contribution in [0.1, 0.15) is 20.3 Å². The van der Waals surface area contributed by atoms with Crippen LogP contribution in [0.5, 0.6) is 0 Å². The lowest BCUT2D eigenvalue weighted by Gasteiger charge is -2.38. The number of halogens is 1. The van der Waals surface area contributed by atoms with E-state index in [0.29, 0.717) is 49.6 Å². The smallest absolute Gasteiger partial charge is 0.243 e.